The summed E-state index contributed by atoms with van der Waals surface area (Å²) in [6.45, 7) is 0. The third-order valence-corrected chi connectivity index (χ3v) is 7.23. The molecule has 0 radical (unpaired) electrons. The molecule has 4 unspecified atom stereocenters. The zero-order valence-electron chi connectivity index (χ0n) is 15.6. The Morgan fingerprint density at radius 3 is 2.03 bits per heavy atom. The Labute approximate surface area is 170 Å². The highest BCUT2D eigenvalue weighted by atomic mass is 16.2. The van der Waals surface area contributed by atoms with Gasteiger partial charge in [-0.05, 0) is 34.2 Å². The summed E-state index contributed by atoms with van der Waals surface area (Å²) in [6, 6.07) is 7.43. The minimum Gasteiger partial charge on any atom is -0.292 e. The van der Waals surface area contributed by atoms with Crippen molar-refractivity contribution < 1.29 is 19.2 Å². The zero-order valence-corrected chi connectivity index (χ0v) is 15.6. The molecule has 1 fully saturated rings. The van der Waals surface area contributed by atoms with Gasteiger partial charge < -0.3 is 0 Å². The summed E-state index contributed by atoms with van der Waals surface area (Å²) < 4.78 is 0. The second-order valence-corrected chi connectivity index (χ2v) is 8.45. The van der Waals surface area contributed by atoms with Crippen LogP contribution >= 0.6 is 0 Å². The number of amides is 4. The lowest BCUT2D eigenvalue weighted by Gasteiger charge is -2.47. The van der Waals surface area contributed by atoms with E-state index in [2.05, 4.69) is 16.7 Å². The van der Waals surface area contributed by atoms with Crippen LogP contribution in [0, 0.1) is 17.8 Å². The summed E-state index contributed by atoms with van der Waals surface area (Å²) in [4.78, 5) is 49.9. The summed E-state index contributed by atoms with van der Waals surface area (Å²) >= 11 is 0. The molecule has 2 aromatic rings. The normalized spacial score (nSPS) is 29.7. The largest absolute Gasteiger partial charge is 0.292 e. The quantitative estimate of drug-likeness (QED) is 0.529. The van der Waals surface area contributed by atoms with Crippen molar-refractivity contribution in [1.82, 2.24) is 10.6 Å². The Kier molecular flexibility index (Phi) is 2.69. The van der Waals surface area contributed by atoms with E-state index >= 15 is 0 Å². The molecule has 6 nitrogen and oxygen atoms in total. The van der Waals surface area contributed by atoms with Crippen molar-refractivity contribution in [2.24, 2.45) is 17.8 Å². The van der Waals surface area contributed by atoms with Crippen LogP contribution in [0.2, 0.25) is 0 Å². The lowest BCUT2D eigenvalue weighted by Crippen LogP contribution is -2.52. The molecule has 4 amide bonds. The number of carbonyl (C=O) groups excluding carboxylic acids is 4. The number of hydrogen-bond donors (Lipinski definition) is 2. The van der Waals surface area contributed by atoms with E-state index in [-0.39, 0.29) is 47.3 Å². The number of hydrogen-bond acceptors (Lipinski definition) is 4. The van der Waals surface area contributed by atoms with Gasteiger partial charge in [0.1, 0.15) is 0 Å². The van der Waals surface area contributed by atoms with Crippen molar-refractivity contribution in [2.75, 3.05) is 0 Å². The highest BCUT2D eigenvalue weighted by Crippen LogP contribution is 2.58. The molecule has 0 saturated carbocycles. The van der Waals surface area contributed by atoms with E-state index in [1.54, 1.807) is 12.1 Å². The third-order valence-electron chi connectivity index (χ3n) is 7.23. The molecule has 1 saturated heterocycles. The van der Waals surface area contributed by atoms with Crippen LogP contribution in [0.3, 0.4) is 0 Å². The third kappa shape index (κ3) is 1.67. The number of imide groups is 2. The topological polar surface area (TPSA) is 92.3 Å². The standard InChI is InChI=1S/C24H14N2O4/c27-21-13-5-1-9-10-2-6-15-20-16(24(30)26-23(15)29)8-4-12(18(10)20)11-3-7-14(22(28)25-21)19(13)17(9)11/h1-9,13,17,19H,(H,25,27,28)(H,26,29,30). The predicted molar refractivity (Wildman–Crippen MR) is 107 cm³/mol. The molecule has 30 heavy (non-hydrogen) atoms. The number of nitrogens with one attached hydrogen (secondary N) is 2. The number of allylic oxidation sites excluding steroid dienone is 4. The van der Waals surface area contributed by atoms with Crippen LogP contribution in [0.15, 0.2) is 54.1 Å². The van der Waals surface area contributed by atoms with Crippen molar-refractivity contribution in [3.63, 3.8) is 0 Å². The van der Waals surface area contributed by atoms with Crippen LogP contribution in [0.5, 0.6) is 0 Å². The van der Waals surface area contributed by atoms with E-state index < -0.39 is 0 Å². The van der Waals surface area contributed by atoms with Gasteiger partial charge in [0.05, 0.1) is 5.92 Å². The first-order valence-corrected chi connectivity index (χ1v) is 9.95. The molecule has 4 atom stereocenters. The summed E-state index contributed by atoms with van der Waals surface area (Å²) in [6.07, 6.45) is 7.74. The van der Waals surface area contributed by atoms with Crippen LogP contribution in [-0.4, -0.2) is 23.6 Å². The molecule has 0 bridgehead atoms. The zero-order chi connectivity index (χ0) is 20.3. The molecular formula is C24H14N2O4. The van der Waals surface area contributed by atoms with Gasteiger partial charge in [0.2, 0.25) is 5.91 Å². The summed E-state index contributed by atoms with van der Waals surface area (Å²) in [5.74, 6) is -1.98. The van der Waals surface area contributed by atoms with Crippen molar-refractivity contribution in [1.29, 1.82) is 0 Å². The molecule has 2 aliphatic heterocycles. The average Bonchev–Trinajstić information content (AvgIpc) is 2.74. The van der Waals surface area contributed by atoms with Gasteiger partial charge in [-0.2, -0.15) is 0 Å². The van der Waals surface area contributed by atoms with Crippen molar-refractivity contribution in [2.45, 2.75) is 5.92 Å². The fraction of sp³-hybridized carbons (Fsp3) is 0.167. The minimum absolute atomic E-state index is 0.0308. The Morgan fingerprint density at radius 2 is 1.23 bits per heavy atom. The van der Waals surface area contributed by atoms with E-state index in [0.29, 0.717) is 22.1 Å². The fourth-order valence-electron chi connectivity index (χ4n) is 6.07. The average molecular weight is 394 g/mol. The van der Waals surface area contributed by atoms with E-state index in [9.17, 15) is 19.2 Å². The number of benzene rings is 2. The molecule has 5 aliphatic rings. The molecule has 2 aromatic carbocycles. The lowest BCUT2D eigenvalue weighted by atomic mass is 9.56. The van der Waals surface area contributed by atoms with Crippen LogP contribution in [0.1, 0.15) is 37.8 Å². The summed E-state index contributed by atoms with van der Waals surface area (Å²) in [5, 5.41) is 6.50. The first-order valence-electron chi connectivity index (χ1n) is 9.95. The molecule has 0 spiro atoms. The van der Waals surface area contributed by atoms with Gasteiger partial charge >= 0.3 is 0 Å². The number of piperidine rings is 1. The van der Waals surface area contributed by atoms with Gasteiger partial charge in [-0.1, -0.05) is 36.4 Å². The maximum Gasteiger partial charge on any atom is 0.258 e. The Bertz CT molecular complexity index is 1370. The maximum absolute atomic E-state index is 12.5. The lowest BCUT2D eigenvalue weighted by molar-refractivity contribution is -0.134. The second kappa shape index (κ2) is 5.02. The highest BCUT2D eigenvalue weighted by molar-refractivity contribution is 6.27. The van der Waals surface area contributed by atoms with Crippen LogP contribution in [0.4, 0.5) is 0 Å². The van der Waals surface area contributed by atoms with Crippen molar-refractivity contribution >= 4 is 40.0 Å². The van der Waals surface area contributed by atoms with Crippen LogP contribution < -0.4 is 10.6 Å². The van der Waals surface area contributed by atoms with Crippen LogP contribution in [-0.2, 0) is 9.59 Å². The fourth-order valence-corrected chi connectivity index (χ4v) is 6.07. The Morgan fingerprint density at radius 1 is 0.600 bits per heavy atom. The first kappa shape index (κ1) is 16.0. The second-order valence-electron chi connectivity index (χ2n) is 8.45. The smallest absolute Gasteiger partial charge is 0.258 e. The number of rotatable bonds is 0. The van der Waals surface area contributed by atoms with Crippen molar-refractivity contribution in [3.05, 3.63) is 76.4 Å². The molecule has 7 rings (SSSR count). The monoisotopic (exact) mass is 394 g/mol. The summed E-state index contributed by atoms with van der Waals surface area (Å²) in [5.41, 5.74) is 4.70. The molecule has 144 valence electrons. The van der Waals surface area contributed by atoms with Crippen molar-refractivity contribution in [3.8, 4) is 0 Å². The van der Waals surface area contributed by atoms with E-state index in [1.165, 1.54) is 0 Å². The van der Waals surface area contributed by atoms with Gasteiger partial charge in [-0.3, -0.25) is 29.8 Å². The van der Waals surface area contributed by atoms with Gasteiger partial charge in [0.15, 0.2) is 0 Å². The molecule has 2 N–H and O–H groups in total. The molecule has 6 heteroatoms. The number of carbonyl (C=O) groups is 4. The van der Waals surface area contributed by atoms with Gasteiger partial charge in [0, 0.05) is 39.8 Å². The van der Waals surface area contributed by atoms with Crippen LogP contribution in [0.25, 0.3) is 16.3 Å². The minimum atomic E-state index is -0.382. The molecule has 3 aliphatic carbocycles. The predicted octanol–water partition coefficient (Wildman–Crippen LogP) is 2.22. The van der Waals surface area contributed by atoms with E-state index in [0.717, 1.165) is 22.1 Å². The summed E-state index contributed by atoms with van der Waals surface area (Å²) in [7, 11) is 0. The SMILES string of the molecule is O=C1NC(=O)C2C=CC3c4ccc5c6c(ccc(c46)C4=CC=C1C2C43)C(=O)NC5=O. The highest BCUT2D eigenvalue weighted by Gasteiger charge is 2.51. The van der Waals surface area contributed by atoms with E-state index in [4.69, 9.17) is 0 Å². The molecule has 2 heterocycles. The van der Waals surface area contributed by atoms with Gasteiger partial charge in [0.25, 0.3) is 17.7 Å². The first-order chi connectivity index (χ1) is 14.5. The van der Waals surface area contributed by atoms with E-state index in [1.807, 2.05) is 30.4 Å². The Hall–Kier alpha value is -3.80. The Balaban J connectivity index is 1.60. The van der Waals surface area contributed by atoms with Gasteiger partial charge in [-0.15, -0.1) is 0 Å². The molecular weight excluding hydrogens is 380 g/mol. The number of fused-ring (bicyclic) bond motifs is 2. The van der Waals surface area contributed by atoms with Gasteiger partial charge in [-0.25, -0.2) is 0 Å². The molecule has 0 aromatic heterocycles. The maximum atomic E-state index is 12.5.